The summed E-state index contributed by atoms with van der Waals surface area (Å²) >= 11 is 0. The van der Waals surface area contributed by atoms with Gasteiger partial charge in [0, 0.05) is 11.5 Å². The lowest BCUT2D eigenvalue weighted by molar-refractivity contribution is -0.659. The summed E-state index contributed by atoms with van der Waals surface area (Å²) in [6.45, 7) is 6.71. The molecular formula is C28H24NO+. The molecule has 0 bridgehead atoms. The molecule has 2 heteroatoms. The Morgan fingerprint density at radius 1 is 0.800 bits per heavy atom. The molecule has 2 heterocycles. The summed E-state index contributed by atoms with van der Waals surface area (Å²) in [4.78, 5) is 0. The topological polar surface area (TPSA) is 13.1 Å². The van der Waals surface area contributed by atoms with Crippen LogP contribution in [0.2, 0.25) is 0 Å². The first-order valence-electron chi connectivity index (χ1n) is 10.6. The van der Waals surface area contributed by atoms with E-state index in [1.54, 1.807) is 0 Å². The van der Waals surface area contributed by atoms with Crippen LogP contribution in [0.5, 0.6) is 11.5 Å². The van der Waals surface area contributed by atoms with Gasteiger partial charge in [-0.1, -0.05) is 56.3 Å². The van der Waals surface area contributed by atoms with Crippen LogP contribution in [0.4, 0.5) is 0 Å². The quantitative estimate of drug-likeness (QED) is 0.214. The first kappa shape index (κ1) is 17.5. The van der Waals surface area contributed by atoms with Gasteiger partial charge in [-0.25, -0.2) is 4.57 Å². The molecule has 0 radical (unpaired) electrons. The second kappa shape index (κ2) is 6.06. The number of ether oxygens (including phenoxy) is 1. The molecule has 0 N–H and O–H groups in total. The van der Waals surface area contributed by atoms with Crippen LogP contribution in [-0.4, -0.2) is 0 Å². The number of rotatable bonds is 1. The van der Waals surface area contributed by atoms with Crippen LogP contribution < -0.4 is 9.30 Å². The van der Waals surface area contributed by atoms with Gasteiger partial charge in [0.15, 0.2) is 6.20 Å². The average Bonchev–Trinajstić information content (AvgIpc) is 2.74. The fourth-order valence-corrected chi connectivity index (χ4v) is 5.00. The monoisotopic (exact) mass is 390 g/mol. The smallest absolute Gasteiger partial charge is 0.228 e. The predicted molar refractivity (Wildman–Crippen MR) is 124 cm³/mol. The zero-order valence-electron chi connectivity index (χ0n) is 17.8. The molecule has 0 spiro atoms. The first-order chi connectivity index (χ1) is 14.5. The summed E-state index contributed by atoms with van der Waals surface area (Å²) in [6, 6.07) is 22.0. The second-order valence-corrected chi connectivity index (χ2v) is 8.77. The first-order valence-corrected chi connectivity index (χ1v) is 10.6. The van der Waals surface area contributed by atoms with Crippen molar-refractivity contribution in [2.75, 3.05) is 0 Å². The van der Waals surface area contributed by atoms with Crippen molar-refractivity contribution in [1.29, 1.82) is 0 Å². The molecule has 5 aromatic rings. The summed E-state index contributed by atoms with van der Waals surface area (Å²) in [7, 11) is 2.14. The highest BCUT2D eigenvalue weighted by Crippen LogP contribution is 2.49. The van der Waals surface area contributed by atoms with Gasteiger partial charge in [0.05, 0.1) is 10.9 Å². The summed E-state index contributed by atoms with van der Waals surface area (Å²) in [5.74, 6) is 2.39. The fraction of sp³-hybridized carbons (Fsp3) is 0.179. The van der Waals surface area contributed by atoms with Crippen LogP contribution in [0.3, 0.4) is 0 Å². The molecule has 6 rings (SSSR count). The van der Waals surface area contributed by atoms with Crippen molar-refractivity contribution in [3.05, 3.63) is 78.0 Å². The molecule has 2 nitrogen and oxygen atoms in total. The van der Waals surface area contributed by atoms with E-state index in [0.717, 1.165) is 11.5 Å². The van der Waals surface area contributed by atoms with Gasteiger partial charge in [-0.2, -0.15) is 0 Å². The highest BCUT2D eigenvalue weighted by atomic mass is 16.5. The summed E-state index contributed by atoms with van der Waals surface area (Å²) in [5, 5.41) is 7.49. The average molecular weight is 391 g/mol. The molecule has 1 aromatic heterocycles. The molecular weight excluding hydrogens is 366 g/mol. The van der Waals surface area contributed by atoms with Crippen LogP contribution in [-0.2, 0) is 7.05 Å². The molecule has 0 amide bonds. The number of aryl methyl sites for hydroxylation is 2. The molecule has 1 aliphatic heterocycles. The summed E-state index contributed by atoms with van der Waals surface area (Å²) in [5.41, 5.74) is 5.08. The van der Waals surface area contributed by atoms with Gasteiger partial charge in [0.2, 0.25) is 5.69 Å². The van der Waals surface area contributed by atoms with Crippen molar-refractivity contribution in [1.82, 2.24) is 0 Å². The molecule has 4 aromatic carbocycles. The highest BCUT2D eigenvalue weighted by Gasteiger charge is 2.30. The Balaban J connectivity index is 1.79. The molecule has 0 atom stereocenters. The van der Waals surface area contributed by atoms with Crippen molar-refractivity contribution in [3.8, 4) is 22.8 Å². The number of benzene rings is 4. The Morgan fingerprint density at radius 2 is 1.57 bits per heavy atom. The maximum Gasteiger partial charge on any atom is 0.228 e. The minimum atomic E-state index is 0.502. The molecule has 1 aliphatic rings. The Bertz CT molecular complexity index is 1510. The SMILES string of the molecule is Cc1c2c(cc3ccccc13)Oc1cc3ccc(C(C)C)cc3c3cc[n+](C)c-2c13. The lowest BCUT2D eigenvalue weighted by Gasteiger charge is -2.23. The molecule has 0 saturated carbocycles. The van der Waals surface area contributed by atoms with Gasteiger partial charge in [-0.3, -0.25) is 0 Å². The van der Waals surface area contributed by atoms with E-state index in [1.807, 2.05) is 0 Å². The van der Waals surface area contributed by atoms with Crippen LogP contribution >= 0.6 is 0 Å². The van der Waals surface area contributed by atoms with Crippen LogP contribution in [0.25, 0.3) is 43.6 Å². The number of aromatic nitrogens is 1. The standard InChI is InChI=1S/C28H24NO/c1-16(2)18-9-10-20-15-25-27-22(23(20)13-18)11-12-29(4)28(27)26-17(3)21-8-6-5-7-19(21)14-24(26)30-25/h5-16H,1-4H3/q+1. The van der Waals surface area contributed by atoms with E-state index in [2.05, 4.69) is 99.2 Å². The van der Waals surface area contributed by atoms with E-state index in [1.165, 1.54) is 54.7 Å². The van der Waals surface area contributed by atoms with E-state index < -0.39 is 0 Å². The number of nitrogens with zero attached hydrogens (tertiary/aromatic N) is 1. The maximum atomic E-state index is 6.57. The number of hydrogen-bond acceptors (Lipinski definition) is 1. The zero-order valence-corrected chi connectivity index (χ0v) is 17.8. The molecule has 0 saturated heterocycles. The van der Waals surface area contributed by atoms with E-state index >= 15 is 0 Å². The minimum Gasteiger partial charge on any atom is -0.456 e. The molecule has 30 heavy (non-hydrogen) atoms. The van der Waals surface area contributed by atoms with Crippen LogP contribution in [0.15, 0.2) is 66.9 Å². The van der Waals surface area contributed by atoms with E-state index in [0.29, 0.717) is 5.92 Å². The minimum absolute atomic E-state index is 0.502. The summed E-state index contributed by atoms with van der Waals surface area (Å²) in [6.07, 6.45) is 2.19. The van der Waals surface area contributed by atoms with E-state index in [4.69, 9.17) is 4.74 Å². The van der Waals surface area contributed by atoms with E-state index in [9.17, 15) is 0 Å². The van der Waals surface area contributed by atoms with E-state index in [-0.39, 0.29) is 0 Å². The third-order valence-electron chi connectivity index (χ3n) is 6.62. The van der Waals surface area contributed by atoms with Gasteiger partial charge in [-0.05, 0) is 57.6 Å². The van der Waals surface area contributed by atoms with Crippen molar-refractivity contribution in [2.24, 2.45) is 7.05 Å². The van der Waals surface area contributed by atoms with Crippen molar-refractivity contribution in [3.63, 3.8) is 0 Å². The largest absolute Gasteiger partial charge is 0.456 e. The third-order valence-corrected chi connectivity index (χ3v) is 6.62. The predicted octanol–water partition coefficient (Wildman–Crippen LogP) is 7.18. The maximum absolute atomic E-state index is 6.57. The summed E-state index contributed by atoms with van der Waals surface area (Å²) < 4.78 is 8.81. The van der Waals surface area contributed by atoms with Crippen molar-refractivity contribution < 1.29 is 9.30 Å². The number of fused-ring (bicyclic) bond motifs is 5. The normalized spacial score (nSPS) is 12.6. The Labute approximate surface area is 176 Å². The van der Waals surface area contributed by atoms with Crippen LogP contribution in [0.1, 0.15) is 30.9 Å². The lowest BCUT2D eigenvalue weighted by Crippen LogP contribution is -2.31. The Morgan fingerprint density at radius 3 is 2.40 bits per heavy atom. The van der Waals surface area contributed by atoms with Gasteiger partial charge in [0.25, 0.3) is 0 Å². The van der Waals surface area contributed by atoms with Gasteiger partial charge in [-0.15, -0.1) is 0 Å². The Kier molecular flexibility index (Phi) is 3.53. The van der Waals surface area contributed by atoms with Gasteiger partial charge in [0.1, 0.15) is 18.5 Å². The van der Waals surface area contributed by atoms with Crippen molar-refractivity contribution >= 4 is 32.3 Å². The second-order valence-electron chi connectivity index (χ2n) is 8.77. The Hall–Kier alpha value is -3.39. The molecule has 146 valence electrons. The van der Waals surface area contributed by atoms with Gasteiger partial charge >= 0.3 is 0 Å². The molecule has 0 aliphatic carbocycles. The molecule has 0 unspecified atom stereocenters. The van der Waals surface area contributed by atoms with Crippen LogP contribution in [0, 0.1) is 6.92 Å². The lowest BCUT2D eigenvalue weighted by atomic mass is 9.89. The highest BCUT2D eigenvalue weighted by molar-refractivity contribution is 6.16. The number of hydrogen-bond donors (Lipinski definition) is 0. The fourth-order valence-electron chi connectivity index (χ4n) is 5.00. The number of pyridine rings is 1. The van der Waals surface area contributed by atoms with Gasteiger partial charge < -0.3 is 4.74 Å². The van der Waals surface area contributed by atoms with Crippen molar-refractivity contribution in [2.45, 2.75) is 26.7 Å². The third kappa shape index (κ3) is 2.28. The molecule has 0 fully saturated rings. The zero-order chi connectivity index (χ0) is 20.6.